The van der Waals surface area contributed by atoms with E-state index >= 15 is 0 Å². The first-order valence-corrected chi connectivity index (χ1v) is 13.1. The highest BCUT2D eigenvalue weighted by molar-refractivity contribution is 9.10. The fourth-order valence-corrected chi connectivity index (χ4v) is 4.45. The van der Waals surface area contributed by atoms with Gasteiger partial charge in [0.2, 0.25) is 0 Å². The molecule has 0 saturated carbocycles. The van der Waals surface area contributed by atoms with Gasteiger partial charge in [0, 0.05) is 16.7 Å². The lowest BCUT2D eigenvalue weighted by Gasteiger charge is -2.16. The van der Waals surface area contributed by atoms with E-state index in [4.69, 9.17) is 11.6 Å². The second-order valence-corrected chi connectivity index (χ2v) is 10.5. The highest BCUT2D eigenvalue weighted by atomic mass is 79.9. The summed E-state index contributed by atoms with van der Waals surface area (Å²) in [7, 11) is 0. The van der Waals surface area contributed by atoms with Gasteiger partial charge in [-0.15, -0.1) is 10.2 Å². The number of nitrogens with one attached hydrogen (secondary N) is 2. The number of anilines is 1. The third-order valence-electron chi connectivity index (χ3n) is 5.53. The predicted octanol–water partition coefficient (Wildman–Crippen LogP) is 5.07. The summed E-state index contributed by atoms with van der Waals surface area (Å²) in [4.78, 5) is 31.1. The largest absolute Gasteiger partial charge is 0.461 e. The van der Waals surface area contributed by atoms with Gasteiger partial charge in [0.05, 0.1) is 22.0 Å². The van der Waals surface area contributed by atoms with Crippen molar-refractivity contribution in [1.82, 2.24) is 40.3 Å². The van der Waals surface area contributed by atoms with Crippen molar-refractivity contribution in [3.63, 3.8) is 0 Å². The van der Waals surface area contributed by atoms with Gasteiger partial charge in [0.25, 0.3) is 17.6 Å². The minimum absolute atomic E-state index is 0.0108. The van der Waals surface area contributed by atoms with E-state index in [0.29, 0.717) is 14.8 Å². The van der Waals surface area contributed by atoms with Crippen LogP contribution < -0.4 is 10.6 Å². The van der Waals surface area contributed by atoms with Crippen LogP contribution in [0.1, 0.15) is 51.8 Å². The standard InChI is InChI=1S/C24H20BrClF5N9O2/c1-11(2)33-20(41)15-8-13(25)7-12(3)18(15)34-21(42)17-9-14(36-40(17)19-16(26)5-4-6-32-19)10-39-37-22(35-38-39)23(27,28)24(29,30)31/h4-9,11H,10H2,1-3H3,(H,33,41)(H,34,42). The fraction of sp³-hybridized carbons (Fsp3) is 0.292. The third-order valence-corrected chi connectivity index (χ3v) is 6.28. The molecule has 0 spiro atoms. The molecule has 1 aromatic carbocycles. The third kappa shape index (κ3) is 6.41. The molecule has 0 aliphatic carbocycles. The van der Waals surface area contributed by atoms with E-state index in [-0.39, 0.29) is 39.5 Å². The van der Waals surface area contributed by atoms with Gasteiger partial charge in [-0.3, -0.25) is 9.59 Å². The fourth-order valence-electron chi connectivity index (χ4n) is 3.68. The minimum Gasteiger partial charge on any atom is -0.350 e. The molecule has 0 aliphatic heterocycles. The highest BCUT2D eigenvalue weighted by Gasteiger charge is 2.62. The van der Waals surface area contributed by atoms with Gasteiger partial charge in [-0.1, -0.05) is 27.5 Å². The van der Waals surface area contributed by atoms with Crippen molar-refractivity contribution in [3.8, 4) is 5.82 Å². The SMILES string of the molecule is Cc1cc(Br)cc(C(=O)NC(C)C)c1NC(=O)c1cc(Cn2nnc(C(F)(F)C(F)(F)F)n2)nn1-c1ncccc1Cl. The van der Waals surface area contributed by atoms with E-state index in [0.717, 1.165) is 4.68 Å². The number of carbonyl (C=O) groups is 2. The number of pyridine rings is 1. The second kappa shape index (κ2) is 11.7. The van der Waals surface area contributed by atoms with Crippen LogP contribution in [-0.4, -0.2) is 59.0 Å². The van der Waals surface area contributed by atoms with E-state index < -0.39 is 36.3 Å². The Kier molecular flexibility index (Phi) is 8.63. The van der Waals surface area contributed by atoms with Crippen molar-refractivity contribution in [2.75, 3.05) is 5.32 Å². The zero-order valence-electron chi connectivity index (χ0n) is 21.8. The lowest BCUT2D eigenvalue weighted by atomic mass is 10.1. The predicted molar refractivity (Wildman–Crippen MR) is 143 cm³/mol. The van der Waals surface area contributed by atoms with E-state index in [1.54, 1.807) is 26.8 Å². The summed E-state index contributed by atoms with van der Waals surface area (Å²) in [5.74, 6) is -8.39. The molecule has 222 valence electrons. The summed E-state index contributed by atoms with van der Waals surface area (Å²) in [5.41, 5.74) is 0.699. The molecule has 0 bridgehead atoms. The molecule has 11 nitrogen and oxygen atoms in total. The molecule has 0 fully saturated rings. The van der Waals surface area contributed by atoms with Gasteiger partial charge in [-0.2, -0.15) is 31.8 Å². The number of hydrogen-bond acceptors (Lipinski definition) is 7. The molecule has 0 atom stereocenters. The minimum atomic E-state index is -5.93. The van der Waals surface area contributed by atoms with Crippen molar-refractivity contribution >= 4 is 45.0 Å². The van der Waals surface area contributed by atoms with Crippen LogP contribution in [0.5, 0.6) is 0 Å². The molecular weight excluding hydrogens is 657 g/mol. The average molecular weight is 677 g/mol. The number of rotatable bonds is 8. The van der Waals surface area contributed by atoms with E-state index in [1.165, 1.54) is 30.5 Å². The van der Waals surface area contributed by atoms with Crippen LogP contribution in [0.15, 0.2) is 41.0 Å². The van der Waals surface area contributed by atoms with Crippen LogP contribution in [0.2, 0.25) is 5.02 Å². The molecule has 2 N–H and O–H groups in total. The maximum atomic E-state index is 13.6. The molecule has 4 aromatic rings. The van der Waals surface area contributed by atoms with Crippen LogP contribution in [0.4, 0.5) is 27.6 Å². The van der Waals surface area contributed by atoms with Gasteiger partial charge in [0.15, 0.2) is 5.82 Å². The maximum absolute atomic E-state index is 13.6. The van der Waals surface area contributed by atoms with Crippen molar-refractivity contribution in [2.24, 2.45) is 0 Å². The number of nitrogens with zero attached hydrogens (tertiary/aromatic N) is 7. The van der Waals surface area contributed by atoms with Gasteiger partial charge >= 0.3 is 12.1 Å². The highest BCUT2D eigenvalue weighted by Crippen LogP contribution is 2.41. The topological polar surface area (TPSA) is 133 Å². The van der Waals surface area contributed by atoms with E-state index in [9.17, 15) is 31.5 Å². The monoisotopic (exact) mass is 675 g/mol. The number of benzene rings is 1. The number of tetrazole rings is 1. The van der Waals surface area contributed by atoms with Crippen LogP contribution >= 0.6 is 27.5 Å². The number of carbonyl (C=O) groups excluding carboxylic acids is 2. The Labute approximate surface area is 247 Å². The Hall–Kier alpha value is -3.99. The van der Waals surface area contributed by atoms with Crippen LogP contribution in [0.25, 0.3) is 5.82 Å². The molecule has 3 heterocycles. The summed E-state index contributed by atoms with van der Waals surface area (Å²) >= 11 is 9.62. The first-order chi connectivity index (χ1) is 19.6. The van der Waals surface area contributed by atoms with Crippen molar-refractivity contribution < 1.29 is 31.5 Å². The van der Waals surface area contributed by atoms with Crippen molar-refractivity contribution in [1.29, 1.82) is 0 Å². The smallest absolute Gasteiger partial charge is 0.350 e. The Morgan fingerprint density at radius 2 is 1.81 bits per heavy atom. The first-order valence-electron chi connectivity index (χ1n) is 11.9. The Morgan fingerprint density at radius 3 is 2.45 bits per heavy atom. The molecule has 0 radical (unpaired) electrons. The number of amides is 2. The molecule has 3 aromatic heterocycles. The summed E-state index contributed by atoms with van der Waals surface area (Å²) in [6.07, 6.45) is -4.55. The second-order valence-electron chi connectivity index (χ2n) is 9.18. The molecule has 0 saturated heterocycles. The number of hydrogen-bond donors (Lipinski definition) is 2. The Morgan fingerprint density at radius 1 is 1.10 bits per heavy atom. The molecule has 4 rings (SSSR count). The summed E-state index contributed by atoms with van der Waals surface area (Å²) in [6.45, 7) is 4.68. The van der Waals surface area contributed by atoms with Crippen LogP contribution in [0.3, 0.4) is 0 Å². The van der Waals surface area contributed by atoms with Crippen LogP contribution in [-0.2, 0) is 12.5 Å². The molecule has 2 amide bonds. The first kappa shape index (κ1) is 31.0. The zero-order chi connectivity index (χ0) is 31.0. The summed E-state index contributed by atoms with van der Waals surface area (Å²) in [6, 6.07) is 7.24. The van der Waals surface area contributed by atoms with Crippen molar-refractivity contribution in [2.45, 2.75) is 45.5 Å². The Bertz CT molecular complexity index is 1660. The van der Waals surface area contributed by atoms with E-state index in [2.05, 4.69) is 52.1 Å². The molecule has 0 unspecified atom stereocenters. The number of aryl methyl sites for hydroxylation is 1. The quantitative estimate of drug-likeness (QED) is 0.249. The van der Waals surface area contributed by atoms with Gasteiger partial charge in [-0.05, 0) is 61.9 Å². The van der Waals surface area contributed by atoms with E-state index in [1.807, 2.05) is 0 Å². The number of aromatic nitrogens is 7. The molecule has 18 heteroatoms. The van der Waals surface area contributed by atoms with Gasteiger partial charge < -0.3 is 10.6 Å². The normalized spacial score (nSPS) is 12.1. The van der Waals surface area contributed by atoms with Crippen molar-refractivity contribution in [3.05, 3.63) is 74.4 Å². The lowest BCUT2D eigenvalue weighted by Crippen LogP contribution is -2.35. The van der Waals surface area contributed by atoms with Gasteiger partial charge in [0.1, 0.15) is 12.2 Å². The average Bonchev–Trinajstić information content (AvgIpc) is 3.52. The maximum Gasteiger partial charge on any atom is 0.461 e. The molecular formula is C24H20BrClF5N9O2. The van der Waals surface area contributed by atoms with Crippen LogP contribution in [0, 0.1) is 6.92 Å². The van der Waals surface area contributed by atoms with Gasteiger partial charge in [-0.25, -0.2) is 9.67 Å². The summed E-state index contributed by atoms with van der Waals surface area (Å²) < 4.78 is 67.1. The number of halogens is 7. The zero-order valence-corrected chi connectivity index (χ0v) is 24.2. The summed E-state index contributed by atoms with van der Waals surface area (Å²) in [5, 5.41) is 19.0. The number of alkyl halides is 5. The lowest BCUT2D eigenvalue weighted by molar-refractivity contribution is -0.292. The molecule has 0 aliphatic rings. The molecule has 42 heavy (non-hydrogen) atoms. The Balaban J connectivity index is 1.73.